The van der Waals surface area contributed by atoms with Crippen LogP contribution in [0.1, 0.15) is 22.3 Å². The third-order valence-corrected chi connectivity index (χ3v) is 2.74. The predicted molar refractivity (Wildman–Crippen MR) is 68.9 cm³/mol. The van der Waals surface area contributed by atoms with Gasteiger partial charge in [0.1, 0.15) is 11.5 Å². The number of phenols is 2. The number of carbonyl (C=O) groups is 1. The van der Waals surface area contributed by atoms with Crippen molar-refractivity contribution in [1.82, 2.24) is 0 Å². The predicted octanol–water partition coefficient (Wildman–Crippen LogP) is 2.91. The number of aryl methyl sites for hydroxylation is 1. The number of phenolic OH excluding ortho intramolecular Hbond substituents is 2. The lowest BCUT2D eigenvalue weighted by Crippen LogP contribution is -2.00. The van der Waals surface area contributed by atoms with Gasteiger partial charge in [-0.1, -0.05) is 12.1 Å². The van der Waals surface area contributed by atoms with Gasteiger partial charge in [0, 0.05) is 12.0 Å². The van der Waals surface area contributed by atoms with Gasteiger partial charge < -0.3 is 10.2 Å². The minimum Gasteiger partial charge on any atom is -0.508 e. The molecule has 2 rings (SSSR count). The largest absolute Gasteiger partial charge is 0.508 e. The van der Waals surface area contributed by atoms with Crippen LogP contribution in [0.5, 0.6) is 11.5 Å². The molecule has 0 amide bonds. The highest BCUT2D eigenvalue weighted by Gasteiger charge is 2.06. The van der Waals surface area contributed by atoms with Crippen LogP contribution in [0.4, 0.5) is 0 Å². The van der Waals surface area contributed by atoms with E-state index in [9.17, 15) is 9.90 Å². The number of hydrogen-bond acceptors (Lipinski definition) is 3. The highest BCUT2D eigenvalue weighted by atomic mass is 16.3. The van der Waals surface area contributed by atoms with Crippen molar-refractivity contribution in [2.75, 3.05) is 0 Å². The van der Waals surface area contributed by atoms with Gasteiger partial charge in [0.15, 0.2) is 5.78 Å². The standard InChI is InChI=1S/C15H14O3/c16-13-7-5-12(6-8-13)15(18)9-4-11-2-1-3-14(17)10-11/h1-3,5-8,10,16-17H,4,9H2. The first-order chi connectivity index (χ1) is 8.65. The molecule has 0 saturated heterocycles. The normalized spacial score (nSPS) is 10.2. The summed E-state index contributed by atoms with van der Waals surface area (Å²) in [4.78, 5) is 11.9. The first kappa shape index (κ1) is 12.2. The Morgan fingerprint density at radius 1 is 0.944 bits per heavy atom. The molecule has 18 heavy (non-hydrogen) atoms. The molecular formula is C15H14O3. The minimum atomic E-state index is 0.0262. The van der Waals surface area contributed by atoms with E-state index in [2.05, 4.69) is 0 Å². The summed E-state index contributed by atoms with van der Waals surface area (Å²) in [5.74, 6) is 0.391. The average Bonchev–Trinajstić information content (AvgIpc) is 2.37. The van der Waals surface area contributed by atoms with Crippen molar-refractivity contribution in [3.8, 4) is 11.5 Å². The molecule has 0 aliphatic carbocycles. The van der Waals surface area contributed by atoms with Crippen molar-refractivity contribution in [2.24, 2.45) is 0 Å². The molecule has 0 saturated carbocycles. The van der Waals surface area contributed by atoms with Gasteiger partial charge in [-0.05, 0) is 48.4 Å². The number of ketones is 1. The fraction of sp³-hybridized carbons (Fsp3) is 0.133. The second-order valence-corrected chi connectivity index (χ2v) is 4.14. The van der Waals surface area contributed by atoms with Gasteiger partial charge in [-0.25, -0.2) is 0 Å². The molecule has 0 aliphatic rings. The molecule has 3 heteroatoms. The summed E-state index contributed by atoms with van der Waals surface area (Å²) in [6, 6.07) is 13.1. The van der Waals surface area contributed by atoms with Crippen LogP contribution in [0, 0.1) is 0 Å². The Labute approximate surface area is 105 Å². The number of carbonyl (C=O) groups excluding carboxylic acids is 1. The highest BCUT2D eigenvalue weighted by Crippen LogP contribution is 2.15. The zero-order valence-corrected chi connectivity index (χ0v) is 9.84. The maximum absolute atomic E-state index is 11.9. The monoisotopic (exact) mass is 242 g/mol. The summed E-state index contributed by atoms with van der Waals surface area (Å²) in [6.45, 7) is 0. The first-order valence-corrected chi connectivity index (χ1v) is 5.75. The van der Waals surface area contributed by atoms with E-state index >= 15 is 0 Å². The summed E-state index contributed by atoms with van der Waals surface area (Å²) in [6.07, 6.45) is 0.975. The number of Topliss-reactive ketones (excluding diaryl/α,β-unsaturated/α-hetero) is 1. The van der Waals surface area contributed by atoms with Gasteiger partial charge in [-0.2, -0.15) is 0 Å². The molecule has 3 nitrogen and oxygen atoms in total. The maximum atomic E-state index is 11.9. The summed E-state index contributed by atoms with van der Waals surface area (Å²) < 4.78 is 0. The molecule has 0 radical (unpaired) electrons. The Bertz CT molecular complexity index is 544. The minimum absolute atomic E-state index is 0.0262. The maximum Gasteiger partial charge on any atom is 0.163 e. The first-order valence-electron chi connectivity index (χ1n) is 5.75. The summed E-state index contributed by atoms with van der Waals surface area (Å²) in [5, 5.41) is 18.5. The van der Waals surface area contributed by atoms with E-state index in [1.54, 1.807) is 30.3 Å². The third-order valence-electron chi connectivity index (χ3n) is 2.74. The van der Waals surface area contributed by atoms with Crippen LogP contribution in [-0.2, 0) is 6.42 Å². The van der Waals surface area contributed by atoms with Crippen molar-refractivity contribution in [3.05, 3.63) is 59.7 Å². The van der Waals surface area contributed by atoms with E-state index in [4.69, 9.17) is 5.11 Å². The van der Waals surface area contributed by atoms with E-state index < -0.39 is 0 Å². The van der Waals surface area contributed by atoms with Crippen LogP contribution >= 0.6 is 0 Å². The molecule has 0 fully saturated rings. The SMILES string of the molecule is O=C(CCc1cccc(O)c1)c1ccc(O)cc1. The molecule has 0 heterocycles. The van der Waals surface area contributed by atoms with E-state index in [-0.39, 0.29) is 17.3 Å². The van der Waals surface area contributed by atoms with Crippen LogP contribution in [0.25, 0.3) is 0 Å². The second-order valence-electron chi connectivity index (χ2n) is 4.14. The molecule has 0 aliphatic heterocycles. The van der Waals surface area contributed by atoms with Gasteiger partial charge in [-0.15, -0.1) is 0 Å². The van der Waals surface area contributed by atoms with Crippen LogP contribution in [-0.4, -0.2) is 16.0 Å². The molecular weight excluding hydrogens is 228 g/mol. The van der Waals surface area contributed by atoms with Gasteiger partial charge >= 0.3 is 0 Å². The van der Waals surface area contributed by atoms with Crippen LogP contribution in [0.3, 0.4) is 0 Å². The van der Waals surface area contributed by atoms with E-state index in [0.717, 1.165) is 5.56 Å². The lowest BCUT2D eigenvalue weighted by atomic mass is 10.0. The smallest absolute Gasteiger partial charge is 0.163 e. The van der Waals surface area contributed by atoms with Gasteiger partial charge in [-0.3, -0.25) is 4.79 Å². The molecule has 0 atom stereocenters. The van der Waals surface area contributed by atoms with Crippen molar-refractivity contribution >= 4 is 5.78 Å². The number of benzene rings is 2. The second kappa shape index (κ2) is 5.36. The summed E-state index contributed by atoms with van der Waals surface area (Å²) in [5.41, 5.74) is 1.52. The van der Waals surface area contributed by atoms with Gasteiger partial charge in [0.2, 0.25) is 0 Å². The van der Waals surface area contributed by atoms with Crippen molar-refractivity contribution in [1.29, 1.82) is 0 Å². The summed E-state index contributed by atoms with van der Waals surface area (Å²) in [7, 11) is 0. The van der Waals surface area contributed by atoms with Crippen LogP contribution in [0.2, 0.25) is 0 Å². The Hall–Kier alpha value is -2.29. The Morgan fingerprint density at radius 2 is 1.67 bits per heavy atom. The lowest BCUT2D eigenvalue weighted by molar-refractivity contribution is 0.0983. The fourth-order valence-corrected chi connectivity index (χ4v) is 1.76. The molecule has 2 aromatic rings. The molecule has 92 valence electrons. The molecule has 0 unspecified atom stereocenters. The topological polar surface area (TPSA) is 57.5 Å². The number of rotatable bonds is 4. The zero-order chi connectivity index (χ0) is 13.0. The summed E-state index contributed by atoms with van der Waals surface area (Å²) >= 11 is 0. The number of hydrogen-bond donors (Lipinski definition) is 2. The van der Waals surface area contributed by atoms with Crippen molar-refractivity contribution < 1.29 is 15.0 Å². The Kier molecular flexibility index (Phi) is 3.63. The van der Waals surface area contributed by atoms with Crippen LogP contribution < -0.4 is 0 Å². The fourth-order valence-electron chi connectivity index (χ4n) is 1.76. The van der Waals surface area contributed by atoms with Crippen LogP contribution in [0.15, 0.2) is 48.5 Å². The molecule has 2 aromatic carbocycles. The van der Waals surface area contributed by atoms with Gasteiger partial charge in [0.05, 0.1) is 0 Å². The quantitative estimate of drug-likeness (QED) is 0.810. The number of aromatic hydroxyl groups is 2. The van der Waals surface area contributed by atoms with Gasteiger partial charge in [0.25, 0.3) is 0 Å². The Balaban J connectivity index is 1.98. The van der Waals surface area contributed by atoms with E-state index in [0.29, 0.717) is 18.4 Å². The molecule has 0 bridgehead atoms. The molecule has 2 N–H and O–H groups in total. The Morgan fingerprint density at radius 3 is 2.33 bits per heavy atom. The molecule has 0 spiro atoms. The average molecular weight is 242 g/mol. The van der Waals surface area contributed by atoms with Crippen molar-refractivity contribution in [2.45, 2.75) is 12.8 Å². The van der Waals surface area contributed by atoms with Crippen molar-refractivity contribution in [3.63, 3.8) is 0 Å². The van der Waals surface area contributed by atoms with E-state index in [1.165, 1.54) is 12.1 Å². The highest BCUT2D eigenvalue weighted by molar-refractivity contribution is 5.96. The molecule has 0 aromatic heterocycles. The zero-order valence-electron chi connectivity index (χ0n) is 9.84. The third kappa shape index (κ3) is 3.10. The lowest BCUT2D eigenvalue weighted by Gasteiger charge is -2.02. The van der Waals surface area contributed by atoms with E-state index in [1.807, 2.05) is 6.07 Å².